The number of methoxy groups -OCH3 is 1. The third kappa shape index (κ3) is 3.64. The maximum absolute atomic E-state index is 13.6. The quantitative estimate of drug-likeness (QED) is 0.603. The van der Waals surface area contributed by atoms with Crippen molar-refractivity contribution in [3.63, 3.8) is 0 Å². The van der Waals surface area contributed by atoms with Crippen LogP contribution in [0.15, 0.2) is 18.2 Å². The van der Waals surface area contributed by atoms with Crippen LogP contribution >= 0.6 is 0 Å². The van der Waals surface area contributed by atoms with Crippen LogP contribution in [0.5, 0.6) is 5.75 Å². The predicted octanol–water partition coefficient (Wildman–Crippen LogP) is 3.04. The van der Waals surface area contributed by atoms with E-state index in [9.17, 15) is 9.59 Å². The van der Waals surface area contributed by atoms with Gasteiger partial charge < -0.3 is 20.1 Å². The van der Waals surface area contributed by atoms with E-state index in [1.165, 1.54) is 0 Å². The van der Waals surface area contributed by atoms with E-state index in [0.717, 1.165) is 45.1 Å². The average molecular weight is 416 g/mol. The minimum Gasteiger partial charge on any atom is -0.496 e. The summed E-state index contributed by atoms with van der Waals surface area (Å²) >= 11 is 0. The van der Waals surface area contributed by atoms with Gasteiger partial charge in [-0.1, -0.05) is 6.07 Å². The molecule has 2 unspecified atom stereocenters. The summed E-state index contributed by atoms with van der Waals surface area (Å²) in [5, 5.41) is 0. The van der Waals surface area contributed by atoms with Gasteiger partial charge in [0.25, 0.3) is 5.91 Å². The highest BCUT2D eigenvalue weighted by Gasteiger charge is 2.55. The first-order chi connectivity index (χ1) is 14.3. The van der Waals surface area contributed by atoms with E-state index in [2.05, 4.69) is 4.90 Å². The number of carbonyl (C=O) groups excluding carboxylic acids is 2. The number of anilines is 1. The lowest BCUT2D eigenvalue weighted by Crippen LogP contribution is -2.58. The second kappa shape index (κ2) is 7.76. The van der Waals surface area contributed by atoms with E-state index >= 15 is 0 Å². The fourth-order valence-corrected chi connectivity index (χ4v) is 5.64. The molecule has 0 saturated carbocycles. The number of ether oxygens (including phenoxy) is 2. The van der Waals surface area contributed by atoms with Crippen molar-refractivity contribution in [1.82, 2.24) is 9.80 Å². The molecule has 3 fully saturated rings. The molecular weight excluding hydrogens is 382 g/mol. The molecule has 7 heteroatoms. The van der Waals surface area contributed by atoms with E-state index in [4.69, 9.17) is 15.2 Å². The number of carbonyl (C=O) groups is 2. The number of esters is 1. The Morgan fingerprint density at radius 2 is 2.03 bits per heavy atom. The molecule has 0 bridgehead atoms. The van der Waals surface area contributed by atoms with Gasteiger partial charge in [0.1, 0.15) is 16.9 Å². The topological polar surface area (TPSA) is 85.1 Å². The second-order valence-electron chi connectivity index (χ2n) is 9.58. The van der Waals surface area contributed by atoms with Crippen LogP contribution in [-0.4, -0.2) is 60.2 Å². The van der Waals surface area contributed by atoms with Crippen molar-refractivity contribution in [3.8, 4) is 5.75 Å². The minimum absolute atomic E-state index is 0.0377. The number of likely N-dealkylation sites (tertiary alicyclic amines) is 2. The first-order valence-electron chi connectivity index (χ1n) is 11.0. The fraction of sp³-hybridized carbons (Fsp3) is 0.652. The number of rotatable bonds is 3. The fourth-order valence-electron chi connectivity index (χ4n) is 5.64. The number of piperidine rings is 2. The van der Waals surface area contributed by atoms with Gasteiger partial charge in [-0.15, -0.1) is 0 Å². The molecule has 7 nitrogen and oxygen atoms in total. The Morgan fingerprint density at radius 3 is 2.73 bits per heavy atom. The van der Waals surface area contributed by atoms with Crippen LogP contribution < -0.4 is 10.5 Å². The molecule has 4 rings (SSSR count). The lowest BCUT2D eigenvalue weighted by Gasteiger charge is -2.47. The van der Waals surface area contributed by atoms with Crippen molar-refractivity contribution < 1.29 is 19.1 Å². The number of hydrogen-bond donors (Lipinski definition) is 1. The number of nitrogens with zero attached hydrogens (tertiary/aromatic N) is 2. The van der Waals surface area contributed by atoms with Crippen molar-refractivity contribution in [2.24, 2.45) is 5.41 Å². The molecular formula is C23H33N3O4. The van der Waals surface area contributed by atoms with Crippen molar-refractivity contribution >= 4 is 17.6 Å². The largest absolute Gasteiger partial charge is 0.496 e. The third-order valence-corrected chi connectivity index (χ3v) is 6.82. The third-order valence-electron chi connectivity index (χ3n) is 6.82. The number of cyclic esters (lactones) is 1. The lowest BCUT2D eigenvalue weighted by molar-refractivity contribution is -0.155. The molecule has 0 aromatic heterocycles. The van der Waals surface area contributed by atoms with Gasteiger partial charge in [0.05, 0.1) is 18.7 Å². The van der Waals surface area contributed by atoms with Gasteiger partial charge in [-0.2, -0.15) is 0 Å². The zero-order valence-corrected chi connectivity index (χ0v) is 18.3. The number of nitrogens with two attached hydrogens (primary N) is 1. The Balaban J connectivity index is 1.60. The Labute approximate surface area is 178 Å². The summed E-state index contributed by atoms with van der Waals surface area (Å²) in [6, 6.07) is 5.30. The van der Waals surface area contributed by atoms with Gasteiger partial charge in [-0.3, -0.25) is 14.5 Å². The van der Waals surface area contributed by atoms with Crippen LogP contribution in [0.25, 0.3) is 0 Å². The molecule has 3 aliphatic heterocycles. The second-order valence-corrected chi connectivity index (χ2v) is 9.58. The van der Waals surface area contributed by atoms with Crippen LogP contribution in [0.3, 0.4) is 0 Å². The molecule has 3 heterocycles. The Bertz CT molecular complexity index is 840. The highest BCUT2D eigenvalue weighted by Crippen LogP contribution is 2.47. The van der Waals surface area contributed by atoms with E-state index in [0.29, 0.717) is 30.1 Å². The van der Waals surface area contributed by atoms with Crippen LogP contribution in [0.4, 0.5) is 5.69 Å². The number of nitrogen functional groups attached to an aromatic ring is 1. The maximum Gasteiger partial charge on any atom is 0.314 e. The normalized spacial score (nSPS) is 29.1. The summed E-state index contributed by atoms with van der Waals surface area (Å²) < 4.78 is 11.1. The van der Waals surface area contributed by atoms with Crippen LogP contribution in [0, 0.1) is 5.41 Å². The van der Waals surface area contributed by atoms with Gasteiger partial charge in [-0.05, 0) is 58.1 Å². The highest BCUT2D eigenvalue weighted by molar-refractivity contribution is 6.02. The van der Waals surface area contributed by atoms with Crippen LogP contribution in [0.1, 0.15) is 62.7 Å². The van der Waals surface area contributed by atoms with Gasteiger partial charge in [0, 0.05) is 31.7 Å². The number of benzene rings is 1. The molecule has 1 amide bonds. The smallest absolute Gasteiger partial charge is 0.314 e. The van der Waals surface area contributed by atoms with Gasteiger partial charge in [0.2, 0.25) is 0 Å². The highest BCUT2D eigenvalue weighted by atomic mass is 16.6. The lowest BCUT2D eigenvalue weighted by atomic mass is 9.75. The standard InChI is InChI=1S/C23H33N3O4/c1-22(2)14-23(21(28)30-22)11-7-12-25(15-23)18-10-4-5-13-26(18)20(27)19-16(24)8-6-9-17(19)29-3/h6,8-9,18H,4-5,7,10-15,24H2,1-3H3. The minimum atomic E-state index is -0.461. The average Bonchev–Trinajstić information content (AvgIpc) is 2.94. The van der Waals surface area contributed by atoms with Crippen LogP contribution in [0.2, 0.25) is 0 Å². The first-order valence-corrected chi connectivity index (χ1v) is 11.0. The Kier molecular flexibility index (Phi) is 5.43. The number of hydrogen-bond acceptors (Lipinski definition) is 6. The summed E-state index contributed by atoms with van der Waals surface area (Å²) in [5.41, 5.74) is 6.15. The number of amides is 1. The molecule has 0 radical (unpaired) electrons. The van der Waals surface area contributed by atoms with E-state index in [-0.39, 0.29) is 18.0 Å². The molecule has 1 spiro atoms. The SMILES string of the molecule is COc1cccc(N)c1C(=O)N1CCCCC1N1CCCC2(C1)CC(C)(C)OC2=O. The summed E-state index contributed by atoms with van der Waals surface area (Å²) in [5.74, 6) is 0.323. The van der Waals surface area contributed by atoms with Crippen LogP contribution in [-0.2, 0) is 9.53 Å². The molecule has 30 heavy (non-hydrogen) atoms. The summed E-state index contributed by atoms with van der Waals surface area (Å²) in [6.45, 7) is 6.18. The van der Waals surface area contributed by atoms with E-state index in [1.807, 2.05) is 18.7 Å². The summed E-state index contributed by atoms with van der Waals surface area (Å²) in [4.78, 5) is 30.6. The Morgan fingerprint density at radius 1 is 1.23 bits per heavy atom. The molecule has 164 valence electrons. The summed E-state index contributed by atoms with van der Waals surface area (Å²) in [7, 11) is 1.56. The van der Waals surface area contributed by atoms with Crippen molar-refractivity contribution in [3.05, 3.63) is 23.8 Å². The molecule has 3 saturated heterocycles. The predicted molar refractivity (Wildman–Crippen MR) is 114 cm³/mol. The van der Waals surface area contributed by atoms with E-state index < -0.39 is 11.0 Å². The summed E-state index contributed by atoms with van der Waals surface area (Å²) in [6.07, 6.45) is 5.40. The van der Waals surface area contributed by atoms with E-state index in [1.54, 1.807) is 25.3 Å². The molecule has 3 aliphatic rings. The zero-order valence-electron chi connectivity index (χ0n) is 18.3. The van der Waals surface area contributed by atoms with Gasteiger partial charge >= 0.3 is 5.97 Å². The maximum atomic E-state index is 13.6. The zero-order chi connectivity index (χ0) is 21.5. The van der Waals surface area contributed by atoms with Crippen molar-refractivity contribution in [1.29, 1.82) is 0 Å². The monoisotopic (exact) mass is 415 g/mol. The molecule has 2 atom stereocenters. The Hall–Kier alpha value is -2.28. The molecule has 1 aromatic carbocycles. The van der Waals surface area contributed by atoms with Gasteiger partial charge in [0.15, 0.2) is 0 Å². The molecule has 0 aliphatic carbocycles. The van der Waals surface area contributed by atoms with Crippen molar-refractivity contribution in [2.45, 2.75) is 64.1 Å². The van der Waals surface area contributed by atoms with Gasteiger partial charge in [-0.25, -0.2) is 0 Å². The van der Waals surface area contributed by atoms with Crippen molar-refractivity contribution in [2.75, 3.05) is 32.5 Å². The first kappa shape index (κ1) is 21.0. The molecule has 1 aromatic rings. The molecule has 2 N–H and O–H groups in total.